The van der Waals surface area contributed by atoms with E-state index in [4.69, 9.17) is 18.9 Å². The van der Waals surface area contributed by atoms with Gasteiger partial charge in [-0.1, -0.05) is 12.1 Å². The van der Waals surface area contributed by atoms with Crippen molar-refractivity contribution in [1.82, 2.24) is 9.80 Å². The fourth-order valence-electron chi connectivity index (χ4n) is 5.28. The minimum Gasteiger partial charge on any atom is -0.493 e. The van der Waals surface area contributed by atoms with E-state index in [0.717, 1.165) is 29.0 Å². The highest BCUT2D eigenvalue weighted by Crippen LogP contribution is 2.35. The Labute approximate surface area is 271 Å². The molecule has 2 saturated carbocycles. The van der Waals surface area contributed by atoms with Gasteiger partial charge in [0.1, 0.15) is 28.9 Å². The number of halogens is 1. The highest BCUT2D eigenvalue weighted by Gasteiger charge is 2.33. The fourth-order valence-corrected chi connectivity index (χ4v) is 5.28. The van der Waals surface area contributed by atoms with E-state index in [1.165, 1.54) is 30.6 Å². The Morgan fingerprint density at radius 3 is 1.63 bits per heavy atom. The molecule has 1 N–H and O–H groups in total. The lowest BCUT2D eigenvalue weighted by Gasteiger charge is -2.33. The first-order valence-corrected chi connectivity index (χ1v) is 16.4. The third kappa shape index (κ3) is 9.74. The molecule has 2 heterocycles. The normalized spacial score (nSPS) is 20.9. The van der Waals surface area contributed by atoms with Gasteiger partial charge in [0, 0.05) is 13.1 Å². The van der Waals surface area contributed by atoms with E-state index in [2.05, 4.69) is 0 Å². The Hall–Kier alpha value is -3.53. The SMILES string of the molecule is CC(C)(C)OC(=O)N1Cc2ccc(OCC3CC3)cc2C(F)C1.CC(C)(C)OC(=O)N1Cc2ccc(OCC3CC3)cc2C(O)C1. The lowest BCUT2D eigenvalue weighted by atomic mass is 9.97. The van der Waals surface area contributed by atoms with Crippen molar-refractivity contribution in [2.45, 2.75) is 104 Å². The van der Waals surface area contributed by atoms with Crippen molar-refractivity contribution in [1.29, 1.82) is 0 Å². The van der Waals surface area contributed by atoms with Crippen LogP contribution in [-0.2, 0) is 22.6 Å². The van der Waals surface area contributed by atoms with Gasteiger partial charge in [0.15, 0.2) is 0 Å². The molecule has 6 rings (SSSR count). The summed E-state index contributed by atoms with van der Waals surface area (Å²) in [7, 11) is 0. The Bertz CT molecular complexity index is 1290. The number of hydrogen-bond acceptors (Lipinski definition) is 7. The van der Waals surface area contributed by atoms with Gasteiger partial charge in [-0.25, -0.2) is 14.0 Å². The second-order valence-electron chi connectivity index (χ2n) is 14.9. The summed E-state index contributed by atoms with van der Waals surface area (Å²) in [6, 6.07) is 11.2. The number of aliphatic hydroxyl groups excluding tert-OH is 1. The molecule has 2 amide bonds. The molecule has 252 valence electrons. The molecule has 46 heavy (non-hydrogen) atoms. The topological polar surface area (TPSA) is 97.8 Å². The maximum atomic E-state index is 14.5. The van der Waals surface area contributed by atoms with Crippen LogP contribution in [0.1, 0.15) is 102 Å². The lowest BCUT2D eigenvalue weighted by Crippen LogP contribution is -2.41. The highest BCUT2D eigenvalue weighted by atomic mass is 19.1. The molecular weight excluding hydrogens is 591 g/mol. The van der Waals surface area contributed by atoms with Crippen molar-refractivity contribution >= 4 is 12.2 Å². The molecule has 0 spiro atoms. The average Bonchev–Trinajstić information content (AvgIpc) is 3.89. The van der Waals surface area contributed by atoms with Crippen LogP contribution in [0.25, 0.3) is 0 Å². The minimum absolute atomic E-state index is 0.0218. The zero-order valence-corrected chi connectivity index (χ0v) is 28.0. The van der Waals surface area contributed by atoms with Crippen LogP contribution in [0.5, 0.6) is 11.5 Å². The predicted octanol–water partition coefficient (Wildman–Crippen LogP) is 7.50. The van der Waals surface area contributed by atoms with Crippen LogP contribution >= 0.6 is 0 Å². The zero-order chi connectivity index (χ0) is 33.2. The van der Waals surface area contributed by atoms with Gasteiger partial charge in [0.25, 0.3) is 0 Å². The Kier molecular flexibility index (Phi) is 10.1. The van der Waals surface area contributed by atoms with Gasteiger partial charge in [0.05, 0.1) is 32.4 Å². The number of carbonyl (C=O) groups excluding carboxylic acids is 2. The van der Waals surface area contributed by atoms with Gasteiger partial charge in [-0.05, 0) is 126 Å². The van der Waals surface area contributed by atoms with Crippen LogP contribution in [0.15, 0.2) is 36.4 Å². The van der Waals surface area contributed by atoms with E-state index in [0.29, 0.717) is 42.8 Å². The van der Waals surface area contributed by atoms with Crippen molar-refractivity contribution < 1.29 is 38.0 Å². The second kappa shape index (κ2) is 13.7. The first kappa shape index (κ1) is 33.8. The van der Waals surface area contributed by atoms with E-state index < -0.39 is 35.7 Å². The van der Waals surface area contributed by atoms with Crippen molar-refractivity contribution in [3.8, 4) is 11.5 Å². The van der Waals surface area contributed by atoms with Gasteiger partial charge < -0.3 is 33.9 Å². The molecule has 0 aromatic heterocycles. The van der Waals surface area contributed by atoms with Crippen LogP contribution < -0.4 is 9.47 Å². The lowest BCUT2D eigenvalue weighted by molar-refractivity contribution is 0.00818. The van der Waals surface area contributed by atoms with E-state index >= 15 is 0 Å². The van der Waals surface area contributed by atoms with Crippen molar-refractivity contribution in [3.63, 3.8) is 0 Å². The van der Waals surface area contributed by atoms with E-state index in [-0.39, 0.29) is 13.1 Å². The summed E-state index contributed by atoms with van der Waals surface area (Å²) in [4.78, 5) is 27.3. The number of fused-ring (bicyclic) bond motifs is 2. The highest BCUT2D eigenvalue weighted by molar-refractivity contribution is 5.69. The number of ether oxygens (including phenoxy) is 4. The van der Waals surface area contributed by atoms with Crippen molar-refractivity contribution in [3.05, 3.63) is 58.7 Å². The Morgan fingerprint density at radius 1 is 0.739 bits per heavy atom. The molecule has 4 aliphatic rings. The molecule has 0 radical (unpaired) electrons. The number of carbonyl (C=O) groups is 2. The third-order valence-electron chi connectivity index (χ3n) is 8.10. The number of alkyl halides is 1. The summed E-state index contributed by atoms with van der Waals surface area (Å²) < 4.78 is 36.7. The van der Waals surface area contributed by atoms with Crippen LogP contribution in [-0.4, -0.2) is 64.6 Å². The summed E-state index contributed by atoms with van der Waals surface area (Å²) in [5.41, 5.74) is 2.10. The van der Waals surface area contributed by atoms with Gasteiger partial charge in [0.2, 0.25) is 0 Å². The molecule has 2 aromatic carbocycles. The first-order chi connectivity index (χ1) is 21.6. The van der Waals surface area contributed by atoms with Crippen LogP contribution in [0.2, 0.25) is 0 Å². The molecule has 2 aromatic rings. The Balaban J connectivity index is 0.000000181. The summed E-state index contributed by atoms with van der Waals surface area (Å²) >= 11 is 0. The number of aliphatic hydroxyl groups is 1. The zero-order valence-electron chi connectivity index (χ0n) is 28.0. The molecule has 2 aliphatic heterocycles. The molecule has 2 aliphatic carbocycles. The molecule has 2 atom stereocenters. The van der Waals surface area contributed by atoms with Crippen molar-refractivity contribution in [2.75, 3.05) is 26.3 Å². The summed E-state index contributed by atoms with van der Waals surface area (Å²) in [6.07, 6.45) is 2.16. The first-order valence-electron chi connectivity index (χ1n) is 16.4. The molecule has 9 nitrogen and oxygen atoms in total. The fraction of sp³-hybridized carbons (Fsp3) is 0.611. The molecule has 0 bridgehead atoms. The maximum Gasteiger partial charge on any atom is 0.410 e. The van der Waals surface area contributed by atoms with Crippen LogP contribution in [0.4, 0.5) is 14.0 Å². The van der Waals surface area contributed by atoms with E-state index in [1.54, 1.807) is 31.7 Å². The molecule has 2 fully saturated rings. The Morgan fingerprint density at radius 2 is 1.17 bits per heavy atom. The monoisotopic (exact) mass is 640 g/mol. The number of rotatable bonds is 6. The quantitative estimate of drug-likeness (QED) is 0.349. The van der Waals surface area contributed by atoms with Crippen LogP contribution in [0.3, 0.4) is 0 Å². The predicted molar refractivity (Wildman–Crippen MR) is 171 cm³/mol. The number of nitrogens with zero attached hydrogens (tertiary/aromatic N) is 2. The number of hydrogen-bond donors (Lipinski definition) is 1. The van der Waals surface area contributed by atoms with E-state index in [1.807, 2.05) is 51.1 Å². The third-order valence-corrected chi connectivity index (χ3v) is 8.10. The van der Waals surface area contributed by atoms with Gasteiger partial charge in [-0.15, -0.1) is 0 Å². The number of amides is 2. The molecule has 10 heteroatoms. The van der Waals surface area contributed by atoms with Gasteiger partial charge in [-0.2, -0.15) is 0 Å². The molecule has 2 unspecified atom stereocenters. The second-order valence-corrected chi connectivity index (χ2v) is 14.9. The smallest absolute Gasteiger partial charge is 0.410 e. The summed E-state index contributed by atoms with van der Waals surface area (Å²) in [6.45, 7) is 13.5. The van der Waals surface area contributed by atoms with Crippen LogP contribution in [0, 0.1) is 11.8 Å². The van der Waals surface area contributed by atoms with Crippen molar-refractivity contribution in [2.24, 2.45) is 11.8 Å². The molecular formula is C36H49FN2O7. The number of β-amino-alcohol motifs (C(OH)–C–C–N with tert-alkyl or cyclic N) is 1. The maximum absolute atomic E-state index is 14.5. The summed E-state index contributed by atoms with van der Waals surface area (Å²) in [5, 5.41) is 10.4. The molecule has 0 saturated heterocycles. The average molecular weight is 641 g/mol. The number of benzene rings is 2. The minimum atomic E-state index is -1.21. The standard InChI is InChI=1S/C18H24FNO3.C18H25NO4/c1-18(2,3)23-17(21)20-9-13-6-7-14(22-11-12-4-5-12)8-15(13)16(19)10-20;1-18(2,3)23-17(21)19-9-13-6-7-14(22-11-12-4-5-12)8-15(13)16(20)10-19/h6-8,12,16H,4-5,9-11H2,1-3H3;6-8,12,16,20H,4-5,9-11H2,1-3H3. The summed E-state index contributed by atoms with van der Waals surface area (Å²) in [5.74, 6) is 2.86. The van der Waals surface area contributed by atoms with Gasteiger partial charge in [-0.3, -0.25) is 0 Å². The largest absolute Gasteiger partial charge is 0.493 e. The van der Waals surface area contributed by atoms with E-state index in [9.17, 15) is 19.1 Å². The van der Waals surface area contributed by atoms with Gasteiger partial charge >= 0.3 is 12.2 Å².